The van der Waals surface area contributed by atoms with E-state index in [4.69, 9.17) is 5.26 Å². The number of carbonyl (C=O) groups is 1. The van der Waals surface area contributed by atoms with Crippen molar-refractivity contribution >= 4 is 11.5 Å². The zero-order valence-corrected chi connectivity index (χ0v) is 11.6. The molecule has 0 bridgehead atoms. The van der Waals surface area contributed by atoms with Crippen LogP contribution in [0.2, 0.25) is 0 Å². The number of likely N-dealkylation sites (N-methyl/N-ethyl adjacent to an activating group) is 1. The normalized spacial score (nSPS) is 11.4. The average molecular weight is 264 g/mol. The SMILES string of the molecule is CC(C(=O)c1ccccc1)N(C)c1ccc(C#N)cc1. The second-order valence-corrected chi connectivity index (χ2v) is 4.68. The molecule has 0 saturated carbocycles. The van der Waals surface area contributed by atoms with Crippen molar-refractivity contribution in [2.45, 2.75) is 13.0 Å². The lowest BCUT2D eigenvalue weighted by atomic mass is 10.0. The molecule has 20 heavy (non-hydrogen) atoms. The number of carbonyl (C=O) groups excluding carboxylic acids is 1. The molecule has 0 radical (unpaired) electrons. The molecule has 0 heterocycles. The number of rotatable bonds is 4. The Kier molecular flexibility index (Phi) is 4.17. The van der Waals surface area contributed by atoms with Crippen LogP contribution in [0.15, 0.2) is 54.6 Å². The van der Waals surface area contributed by atoms with Crippen LogP contribution in [-0.2, 0) is 0 Å². The molecule has 0 aliphatic heterocycles. The fourth-order valence-corrected chi connectivity index (χ4v) is 2.01. The molecule has 0 aliphatic rings. The van der Waals surface area contributed by atoms with Crippen molar-refractivity contribution in [2.24, 2.45) is 0 Å². The minimum Gasteiger partial charge on any atom is -0.364 e. The maximum absolute atomic E-state index is 12.4. The Bertz CT molecular complexity index is 626. The summed E-state index contributed by atoms with van der Waals surface area (Å²) in [4.78, 5) is 14.3. The number of nitriles is 1. The molecule has 0 saturated heterocycles. The van der Waals surface area contributed by atoms with Gasteiger partial charge in [0.2, 0.25) is 0 Å². The highest BCUT2D eigenvalue weighted by Gasteiger charge is 2.19. The average Bonchev–Trinajstić information content (AvgIpc) is 2.53. The van der Waals surface area contributed by atoms with E-state index in [1.807, 2.05) is 61.3 Å². The zero-order valence-electron chi connectivity index (χ0n) is 11.6. The molecule has 2 aromatic carbocycles. The summed E-state index contributed by atoms with van der Waals surface area (Å²) in [7, 11) is 1.88. The molecule has 0 spiro atoms. The Hall–Kier alpha value is -2.60. The van der Waals surface area contributed by atoms with Gasteiger partial charge in [0.15, 0.2) is 5.78 Å². The van der Waals surface area contributed by atoms with Crippen molar-refractivity contribution in [2.75, 3.05) is 11.9 Å². The van der Waals surface area contributed by atoms with Gasteiger partial charge in [-0.05, 0) is 31.2 Å². The molecule has 0 aliphatic carbocycles. The van der Waals surface area contributed by atoms with Gasteiger partial charge >= 0.3 is 0 Å². The van der Waals surface area contributed by atoms with Gasteiger partial charge in [-0.2, -0.15) is 5.26 Å². The van der Waals surface area contributed by atoms with Gasteiger partial charge in [0.05, 0.1) is 17.7 Å². The fourth-order valence-electron chi connectivity index (χ4n) is 2.01. The van der Waals surface area contributed by atoms with Crippen molar-refractivity contribution in [3.05, 3.63) is 65.7 Å². The standard InChI is InChI=1S/C17H16N2O/c1-13(17(20)15-6-4-3-5-7-15)19(2)16-10-8-14(12-18)9-11-16/h3-11,13H,1-2H3. The van der Waals surface area contributed by atoms with Crippen molar-refractivity contribution < 1.29 is 4.79 Å². The van der Waals surface area contributed by atoms with Crippen LogP contribution in [0.4, 0.5) is 5.69 Å². The maximum atomic E-state index is 12.4. The first kappa shape index (κ1) is 13.8. The van der Waals surface area contributed by atoms with Crippen LogP contribution in [0.5, 0.6) is 0 Å². The van der Waals surface area contributed by atoms with Crippen molar-refractivity contribution in [1.29, 1.82) is 5.26 Å². The molecule has 0 N–H and O–H groups in total. The first-order chi connectivity index (χ1) is 9.63. The highest BCUT2D eigenvalue weighted by atomic mass is 16.1. The monoisotopic (exact) mass is 264 g/mol. The van der Waals surface area contributed by atoms with E-state index in [0.717, 1.165) is 5.69 Å². The minimum absolute atomic E-state index is 0.0810. The topological polar surface area (TPSA) is 44.1 Å². The molecular weight excluding hydrogens is 248 g/mol. The maximum Gasteiger partial charge on any atom is 0.184 e. The lowest BCUT2D eigenvalue weighted by molar-refractivity contribution is 0.0966. The van der Waals surface area contributed by atoms with Crippen molar-refractivity contribution in [3.63, 3.8) is 0 Å². The van der Waals surface area contributed by atoms with Gasteiger partial charge in [0.25, 0.3) is 0 Å². The van der Waals surface area contributed by atoms with Gasteiger partial charge in [-0.3, -0.25) is 4.79 Å². The Labute approximate surface area is 119 Å². The predicted octanol–water partition coefficient (Wildman–Crippen LogP) is 3.27. The number of benzene rings is 2. The van der Waals surface area contributed by atoms with E-state index in [1.165, 1.54) is 0 Å². The number of hydrogen-bond donors (Lipinski definition) is 0. The molecule has 1 unspecified atom stereocenters. The summed E-state index contributed by atoms with van der Waals surface area (Å²) in [5.74, 6) is 0.0810. The molecule has 2 aromatic rings. The van der Waals surface area contributed by atoms with Crippen LogP contribution in [0.1, 0.15) is 22.8 Å². The second-order valence-electron chi connectivity index (χ2n) is 4.68. The zero-order chi connectivity index (χ0) is 14.5. The largest absolute Gasteiger partial charge is 0.364 e. The molecule has 2 rings (SSSR count). The second kappa shape index (κ2) is 6.03. The van der Waals surface area contributed by atoms with E-state index in [2.05, 4.69) is 6.07 Å². The van der Waals surface area contributed by atoms with Gasteiger partial charge in [0.1, 0.15) is 0 Å². The summed E-state index contributed by atoms with van der Waals surface area (Å²) in [6.07, 6.45) is 0. The smallest absolute Gasteiger partial charge is 0.184 e. The molecule has 1 atom stereocenters. The Morgan fingerprint density at radius 1 is 1.10 bits per heavy atom. The third-order valence-corrected chi connectivity index (χ3v) is 3.42. The summed E-state index contributed by atoms with van der Waals surface area (Å²) in [5, 5.41) is 8.80. The first-order valence-corrected chi connectivity index (χ1v) is 6.45. The van der Waals surface area contributed by atoms with E-state index in [1.54, 1.807) is 12.1 Å². The Morgan fingerprint density at radius 3 is 2.25 bits per heavy atom. The quantitative estimate of drug-likeness (QED) is 0.796. The number of nitrogens with zero attached hydrogens (tertiary/aromatic N) is 2. The van der Waals surface area contributed by atoms with Gasteiger partial charge in [0, 0.05) is 18.3 Å². The molecule has 0 fully saturated rings. The van der Waals surface area contributed by atoms with E-state index >= 15 is 0 Å². The summed E-state index contributed by atoms with van der Waals surface area (Å²) in [6, 6.07) is 18.3. The summed E-state index contributed by atoms with van der Waals surface area (Å²) >= 11 is 0. The van der Waals surface area contributed by atoms with Gasteiger partial charge < -0.3 is 4.90 Å². The van der Waals surface area contributed by atoms with E-state index in [0.29, 0.717) is 11.1 Å². The van der Waals surface area contributed by atoms with E-state index in [9.17, 15) is 4.79 Å². The van der Waals surface area contributed by atoms with E-state index < -0.39 is 0 Å². The summed E-state index contributed by atoms with van der Waals surface area (Å²) in [6.45, 7) is 1.88. The molecule has 0 aromatic heterocycles. The van der Waals surface area contributed by atoms with Crippen molar-refractivity contribution in [3.8, 4) is 6.07 Å². The van der Waals surface area contributed by atoms with Crippen LogP contribution in [0.25, 0.3) is 0 Å². The van der Waals surface area contributed by atoms with Crippen LogP contribution in [0.3, 0.4) is 0 Å². The number of ketones is 1. The minimum atomic E-state index is -0.259. The van der Waals surface area contributed by atoms with Crippen molar-refractivity contribution in [1.82, 2.24) is 0 Å². The molecule has 100 valence electrons. The highest BCUT2D eigenvalue weighted by Crippen LogP contribution is 2.18. The van der Waals surface area contributed by atoms with Crippen LogP contribution >= 0.6 is 0 Å². The molecule has 0 amide bonds. The number of hydrogen-bond acceptors (Lipinski definition) is 3. The van der Waals surface area contributed by atoms with Gasteiger partial charge in [-0.1, -0.05) is 30.3 Å². The van der Waals surface area contributed by atoms with Gasteiger partial charge in [-0.15, -0.1) is 0 Å². The Morgan fingerprint density at radius 2 is 1.70 bits per heavy atom. The molecule has 3 heteroatoms. The Balaban J connectivity index is 2.17. The lowest BCUT2D eigenvalue weighted by Gasteiger charge is -2.26. The molecular formula is C17H16N2O. The summed E-state index contributed by atoms with van der Waals surface area (Å²) < 4.78 is 0. The third kappa shape index (κ3) is 2.86. The van der Waals surface area contributed by atoms with Crippen LogP contribution in [-0.4, -0.2) is 18.9 Å². The lowest BCUT2D eigenvalue weighted by Crippen LogP contribution is -2.36. The fraction of sp³-hybridized carbons (Fsp3) is 0.176. The highest BCUT2D eigenvalue weighted by molar-refractivity contribution is 6.01. The van der Waals surface area contributed by atoms with Crippen LogP contribution < -0.4 is 4.90 Å². The number of anilines is 1. The van der Waals surface area contributed by atoms with E-state index in [-0.39, 0.29) is 11.8 Å². The third-order valence-electron chi connectivity index (χ3n) is 3.42. The van der Waals surface area contributed by atoms with Gasteiger partial charge in [-0.25, -0.2) is 0 Å². The predicted molar refractivity (Wildman–Crippen MR) is 79.8 cm³/mol. The first-order valence-electron chi connectivity index (χ1n) is 6.45. The van der Waals surface area contributed by atoms with Crippen LogP contribution in [0, 0.1) is 11.3 Å². The number of Topliss-reactive ketones (excluding diaryl/α,β-unsaturated/α-hetero) is 1. The molecule has 3 nitrogen and oxygen atoms in total. The summed E-state index contributed by atoms with van der Waals surface area (Å²) in [5.41, 5.74) is 2.24.